The van der Waals surface area contributed by atoms with Crippen LogP contribution in [0.5, 0.6) is 0 Å². The molecule has 0 aromatic rings. The summed E-state index contributed by atoms with van der Waals surface area (Å²) in [5, 5.41) is 0. The molecule has 1 atom stereocenters. The van der Waals surface area contributed by atoms with Crippen molar-refractivity contribution in [1.82, 2.24) is 0 Å². The molecule has 5 nitrogen and oxygen atoms in total. The van der Waals surface area contributed by atoms with Gasteiger partial charge >= 0.3 is 11.9 Å². The third kappa shape index (κ3) is 47.5. The Labute approximate surface area is 371 Å². The number of hydrogen-bond acceptors (Lipinski definition) is 5. The van der Waals surface area contributed by atoms with Crippen molar-refractivity contribution >= 4 is 11.9 Å². The Bertz CT molecular complexity index is 1170. The molecule has 0 bridgehead atoms. The Morgan fingerprint density at radius 2 is 0.750 bits per heavy atom. The highest BCUT2D eigenvalue weighted by Gasteiger charge is 2.17. The minimum absolute atomic E-state index is 0.0438. The number of carbonyl (C=O) groups excluding carboxylic acids is 2. The first-order valence-electron chi connectivity index (χ1n) is 24.8. The molecule has 0 aromatic heterocycles. The Morgan fingerprint density at radius 3 is 1.17 bits per heavy atom. The first-order chi connectivity index (χ1) is 29.6. The molecule has 0 aliphatic rings. The first kappa shape index (κ1) is 56.8. The van der Waals surface area contributed by atoms with Crippen LogP contribution in [0.4, 0.5) is 0 Å². The number of allylic oxidation sites excluding steroid dienone is 16. The van der Waals surface area contributed by atoms with Gasteiger partial charge in [-0.25, -0.2) is 0 Å². The zero-order valence-electron chi connectivity index (χ0n) is 39.2. The van der Waals surface area contributed by atoms with E-state index in [1.807, 2.05) is 0 Å². The standard InChI is InChI=1S/C55H92O5/c1-4-7-10-13-16-19-22-25-28-30-33-36-39-42-45-48-54(56)59-52-53(51-58-50-47-44-41-38-35-32-27-24-21-18-15-12-9-6-3)60-55(57)49-46-43-40-37-34-31-29-26-23-20-17-14-11-8-5-2/h7-8,10-11,16-17,19-20,25-26,28-29,33-34,36-37,53H,4-6,9,12-15,18,21-24,27,30-32,35,38-52H2,1-3H3/b10-7-,11-8-,19-16-,20-17-,28-25-,29-26-,36-33-,37-34-. The van der Waals surface area contributed by atoms with Gasteiger partial charge in [0, 0.05) is 19.4 Å². The van der Waals surface area contributed by atoms with Gasteiger partial charge in [-0.1, -0.05) is 201 Å². The maximum atomic E-state index is 12.8. The largest absolute Gasteiger partial charge is 0.462 e. The van der Waals surface area contributed by atoms with Gasteiger partial charge in [0.05, 0.1) is 6.61 Å². The third-order valence-corrected chi connectivity index (χ3v) is 10.1. The molecule has 0 spiro atoms. The number of unbranched alkanes of at least 4 members (excludes halogenated alkanes) is 17. The van der Waals surface area contributed by atoms with Crippen LogP contribution in [0.2, 0.25) is 0 Å². The topological polar surface area (TPSA) is 61.8 Å². The van der Waals surface area contributed by atoms with E-state index in [4.69, 9.17) is 14.2 Å². The van der Waals surface area contributed by atoms with Crippen molar-refractivity contribution in [2.45, 2.75) is 219 Å². The molecule has 0 N–H and O–H groups in total. The van der Waals surface area contributed by atoms with Gasteiger partial charge in [0.25, 0.3) is 0 Å². The van der Waals surface area contributed by atoms with E-state index in [2.05, 4.69) is 118 Å². The molecule has 0 rings (SSSR count). The normalized spacial score (nSPS) is 13.1. The Balaban J connectivity index is 4.41. The van der Waals surface area contributed by atoms with Crippen molar-refractivity contribution < 1.29 is 23.8 Å². The predicted molar refractivity (Wildman–Crippen MR) is 260 cm³/mol. The SMILES string of the molecule is CC/C=C\C/C=C\C/C=C\C/C=C\CCCCC(=O)OCC(COCCCCCCCCCCCCCCCC)OC(=O)CCCC/C=C\C/C=C\C/C=C\C/C=C\CC. The molecule has 0 aromatic carbocycles. The smallest absolute Gasteiger partial charge is 0.306 e. The number of hydrogen-bond donors (Lipinski definition) is 0. The molecule has 60 heavy (non-hydrogen) atoms. The predicted octanol–water partition coefficient (Wildman–Crippen LogP) is 16.7. The number of esters is 2. The van der Waals surface area contributed by atoms with E-state index < -0.39 is 6.10 Å². The van der Waals surface area contributed by atoms with Crippen LogP contribution in [0.1, 0.15) is 213 Å². The molecule has 0 saturated heterocycles. The van der Waals surface area contributed by atoms with Crippen molar-refractivity contribution in [2.24, 2.45) is 0 Å². The lowest BCUT2D eigenvalue weighted by Gasteiger charge is -2.18. The van der Waals surface area contributed by atoms with Crippen molar-refractivity contribution in [3.63, 3.8) is 0 Å². The van der Waals surface area contributed by atoms with E-state index in [9.17, 15) is 9.59 Å². The fourth-order valence-corrected chi connectivity index (χ4v) is 6.49. The summed E-state index contributed by atoms with van der Waals surface area (Å²) in [6.07, 6.45) is 67.0. The average Bonchev–Trinajstić information content (AvgIpc) is 3.25. The molecule has 5 heteroatoms. The lowest BCUT2D eigenvalue weighted by atomic mass is 10.0. The molecule has 0 fully saturated rings. The zero-order chi connectivity index (χ0) is 43.5. The Hall–Kier alpha value is -3.18. The second-order valence-electron chi connectivity index (χ2n) is 16.0. The molecule has 0 radical (unpaired) electrons. The molecule has 0 aliphatic carbocycles. The van der Waals surface area contributed by atoms with Gasteiger partial charge in [-0.3, -0.25) is 9.59 Å². The summed E-state index contributed by atoms with van der Waals surface area (Å²) in [5.74, 6) is -0.495. The number of carbonyl (C=O) groups is 2. The van der Waals surface area contributed by atoms with Crippen LogP contribution in [-0.4, -0.2) is 37.9 Å². The zero-order valence-corrected chi connectivity index (χ0v) is 39.2. The van der Waals surface area contributed by atoms with E-state index in [1.54, 1.807) is 0 Å². The molecule has 0 saturated carbocycles. The van der Waals surface area contributed by atoms with Crippen LogP contribution in [0, 0.1) is 0 Å². The van der Waals surface area contributed by atoms with Gasteiger partial charge < -0.3 is 14.2 Å². The van der Waals surface area contributed by atoms with Gasteiger partial charge in [-0.2, -0.15) is 0 Å². The summed E-state index contributed by atoms with van der Waals surface area (Å²) in [4.78, 5) is 25.3. The van der Waals surface area contributed by atoms with Crippen molar-refractivity contribution in [3.8, 4) is 0 Å². The quantitative estimate of drug-likeness (QED) is 0.0348. The van der Waals surface area contributed by atoms with E-state index in [0.717, 1.165) is 103 Å². The highest BCUT2D eigenvalue weighted by molar-refractivity contribution is 5.70. The van der Waals surface area contributed by atoms with Gasteiger partial charge in [-0.05, 0) is 96.3 Å². The lowest BCUT2D eigenvalue weighted by molar-refractivity contribution is -0.163. The minimum atomic E-state index is -0.577. The molecular formula is C55H92O5. The average molecular weight is 833 g/mol. The summed E-state index contributed by atoms with van der Waals surface area (Å²) in [7, 11) is 0. The molecule has 1 unspecified atom stereocenters. The highest BCUT2D eigenvalue weighted by Crippen LogP contribution is 2.14. The maximum Gasteiger partial charge on any atom is 0.306 e. The molecule has 0 heterocycles. The van der Waals surface area contributed by atoms with Crippen molar-refractivity contribution in [3.05, 3.63) is 97.2 Å². The molecular weight excluding hydrogens is 741 g/mol. The van der Waals surface area contributed by atoms with E-state index in [1.165, 1.54) is 77.0 Å². The highest BCUT2D eigenvalue weighted by atomic mass is 16.6. The van der Waals surface area contributed by atoms with Crippen molar-refractivity contribution in [1.29, 1.82) is 0 Å². The summed E-state index contributed by atoms with van der Waals surface area (Å²) >= 11 is 0. The Morgan fingerprint density at radius 1 is 0.383 bits per heavy atom. The van der Waals surface area contributed by atoms with Crippen LogP contribution >= 0.6 is 0 Å². The first-order valence-corrected chi connectivity index (χ1v) is 24.8. The second kappa shape index (κ2) is 50.2. The van der Waals surface area contributed by atoms with Gasteiger partial charge in [0.2, 0.25) is 0 Å². The fourth-order valence-electron chi connectivity index (χ4n) is 6.49. The molecule has 0 aliphatic heterocycles. The van der Waals surface area contributed by atoms with E-state index in [0.29, 0.717) is 19.4 Å². The Kier molecular flexibility index (Phi) is 47.5. The number of rotatable bonds is 44. The molecule has 342 valence electrons. The summed E-state index contributed by atoms with van der Waals surface area (Å²) < 4.78 is 17.3. The van der Waals surface area contributed by atoms with Crippen LogP contribution in [-0.2, 0) is 23.8 Å². The second-order valence-corrected chi connectivity index (χ2v) is 16.0. The van der Waals surface area contributed by atoms with E-state index >= 15 is 0 Å². The van der Waals surface area contributed by atoms with Crippen molar-refractivity contribution in [2.75, 3.05) is 19.8 Å². The summed E-state index contributed by atoms with van der Waals surface area (Å²) in [6.45, 7) is 7.51. The van der Waals surface area contributed by atoms with Gasteiger partial charge in [0.1, 0.15) is 6.61 Å². The lowest BCUT2D eigenvalue weighted by Crippen LogP contribution is -2.30. The van der Waals surface area contributed by atoms with Crippen LogP contribution < -0.4 is 0 Å². The van der Waals surface area contributed by atoms with Crippen LogP contribution in [0.3, 0.4) is 0 Å². The fraction of sp³-hybridized carbons (Fsp3) is 0.673. The van der Waals surface area contributed by atoms with E-state index in [-0.39, 0.29) is 25.2 Å². The summed E-state index contributed by atoms with van der Waals surface area (Å²) in [5.41, 5.74) is 0. The van der Waals surface area contributed by atoms with Gasteiger partial charge in [-0.15, -0.1) is 0 Å². The minimum Gasteiger partial charge on any atom is -0.462 e. The monoisotopic (exact) mass is 833 g/mol. The number of ether oxygens (including phenoxy) is 3. The molecule has 0 amide bonds. The van der Waals surface area contributed by atoms with Crippen LogP contribution in [0.25, 0.3) is 0 Å². The third-order valence-electron chi connectivity index (χ3n) is 10.1. The maximum absolute atomic E-state index is 12.8. The summed E-state index contributed by atoms with van der Waals surface area (Å²) in [6, 6.07) is 0. The van der Waals surface area contributed by atoms with Crippen LogP contribution in [0.15, 0.2) is 97.2 Å². The van der Waals surface area contributed by atoms with Gasteiger partial charge in [0.15, 0.2) is 6.10 Å².